The minimum atomic E-state index is -0.466. The van der Waals surface area contributed by atoms with Crippen LogP contribution in [0.15, 0.2) is 12.4 Å². The molecule has 16 heavy (non-hydrogen) atoms. The first kappa shape index (κ1) is 11.2. The maximum Gasteiger partial charge on any atom is 0.225 e. The Balaban J connectivity index is 2.16. The van der Waals surface area contributed by atoms with Crippen LogP contribution in [-0.4, -0.2) is 47.5 Å². The number of hydrogen-bond donors (Lipinski definition) is 1. The lowest BCUT2D eigenvalue weighted by Crippen LogP contribution is -2.33. The molecule has 6 heteroatoms. The van der Waals surface area contributed by atoms with Crippen LogP contribution in [0.25, 0.3) is 0 Å². The summed E-state index contributed by atoms with van der Waals surface area (Å²) >= 11 is 0. The Bertz CT molecular complexity index is 346. The van der Waals surface area contributed by atoms with Gasteiger partial charge in [-0.05, 0) is 6.42 Å². The number of rotatable bonds is 3. The highest BCUT2D eigenvalue weighted by atomic mass is 19.1. The highest BCUT2D eigenvalue weighted by Crippen LogP contribution is 2.23. The van der Waals surface area contributed by atoms with Crippen molar-refractivity contribution >= 4 is 5.95 Å². The van der Waals surface area contributed by atoms with Gasteiger partial charge in [-0.25, -0.2) is 14.4 Å². The summed E-state index contributed by atoms with van der Waals surface area (Å²) in [4.78, 5) is 9.64. The van der Waals surface area contributed by atoms with Crippen LogP contribution in [0.1, 0.15) is 6.42 Å². The summed E-state index contributed by atoms with van der Waals surface area (Å²) in [6, 6.07) is -0.0598. The Morgan fingerprint density at radius 2 is 2.25 bits per heavy atom. The third kappa shape index (κ3) is 2.12. The lowest BCUT2D eigenvalue weighted by molar-refractivity contribution is 0.115. The molecule has 0 bridgehead atoms. The topological polar surface area (TPSA) is 58.5 Å². The van der Waals surface area contributed by atoms with Crippen LogP contribution in [0.2, 0.25) is 0 Å². The zero-order chi connectivity index (χ0) is 11.5. The van der Waals surface area contributed by atoms with Crippen LogP contribution in [-0.2, 0) is 4.74 Å². The second-order valence-corrected chi connectivity index (χ2v) is 3.78. The average molecular weight is 227 g/mol. The number of hydrogen-bond acceptors (Lipinski definition) is 5. The molecule has 0 amide bonds. The zero-order valence-corrected chi connectivity index (χ0v) is 9.01. The van der Waals surface area contributed by atoms with Crippen molar-refractivity contribution in [2.45, 2.75) is 18.6 Å². The number of methoxy groups -OCH3 is 1. The largest absolute Gasteiger partial charge is 0.394 e. The maximum atomic E-state index is 12.7. The van der Waals surface area contributed by atoms with E-state index in [2.05, 4.69) is 9.97 Å². The van der Waals surface area contributed by atoms with Gasteiger partial charge in [-0.2, -0.15) is 0 Å². The van der Waals surface area contributed by atoms with Gasteiger partial charge in [-0.15, -0.1) is 0 Å². The van der Waals surface area contributed by atoms with Crippen molar-refractivity contribution in [1.29, 1.82) is 0 Å². The Morgan fingerprint density at radius 1 is 1.56 bits per heavy atom. The van der Waals surface area contributed by atoms with Gasteiger partial charge in [0.05, 0.1) is 31.1 Å². The molecule has 1 fully saturated rings. The van der Waals surface area contributed by atoms with Crippen molar-refractivity contribution in [2.75, 3.05) is 25.2 Å². The molecule has 1 aliphatic rings. The van der Waals surface area contributed by atoms with Gasteiger partial charge in [-0.1, -0.05) is 0 Å². The molecule has 2 atom stereocenters. The molecule has 1 saturated heterocycles. The predicted molar refractivity (Wildman–Crippen MR) is 55.6 cm³/mol. The van der Waals surface area contributed by atoms with Gasteiger partial charge in [0, 0.05) is 13.7 Å². The number of aliphatic hydroxyl groups is 1. The van der Waals surface area contributed by atoms with Gasteiger partial charge in [0.25, 0.3) is 0 Å². The van der Waals surface area contributed by atoms with Gasteiger partial charge in [0.2, 0.25) is 5.95 Å². The van der Waals surface area contributed by atoms with Crippen molar-refractivity contribution in [3.63, 3.8) is 0 Å². The molecule has 1 N–H and O–H groups in total. The maximum absolute atomic E-state index is 12.7. The average Bonchev–Trinajstić information content (AvgIpc) is 2.73. The zero-order valence-electron chi connectivity index (χ0n) is 9.01. The van der Waals surface area contributed by atoms with E-state index in [1.165, 1.54) is 0 Å². The molecule has 2 rings (SSSR count). The summed E-state index contributed by atoms with van der Waals surface area (Å²) < 4.78 is 17.9. The molecule has 88 valence electrons. The lowest BCUT2D eigenvalue weighted by Gasteiger charge is -2.22. The Labute approximate surface area is 92.9 Å². The second-order valence-electron chi connectivity index (χ2n) is 3.78. The van der Waals surface area contributed by atoms with Crippen LogP contribution < -0.4 is 4.90 Å². The molecule has 0 aliphatic carbocycles. The highest BCUT2D eigenvalue weighted by molar-refractivity contribution is 5.33. The Kier molecular flexibility index (Phi) is 3.31. The number of aliphatic hydroxyl groups excluding tert-OH is 1. The van der Waals surface area contributed by atoms with E-state index in [-0.39, 0.29) is 18.8 Å². The summed E-state index contributed by atoms with van der Waals surface area (Å²) in [5.74, 6) is -0.0354. The number of anilines is 1. The van der Waals surface area contributed by atoms with Crippen molar-refractivity contribution < 1.29 is 14.2 Å². The summed E-state index contributed by atoms with van der Waals surface area (Å²) in [6.07, 6.45) is 3.03. The van der Waals surface area contributed by atoms with Gasteiger partial charge in [0.15, 0.2) is 5.82 Å². The fourth-order valence-corrected chi connectivity index (χ4v) is 1.92. The molecule has 0 aromatic carbocycles. The van der Waals surface area contributed by atoms with Gasteiger partial charge < -0.3 is 14.7 Å². The van der Waals surface area contributed by atoms with Crippen LogP contribution in [0.4, 0.5) is 10.3 Å². The van der Waals surface area contributed by atoms with E-state index < -0.39 is 5.82 Å². The normalized spacial score (nSPS) is 25.1. The highest BCUT2D eigenvalue weighted by Gasteiger charge is 2.33. The van der Waals surface area contributed by atoms with Gasteiger partial charge in [-0.3, -0.25) is 0 Å². The fraction of sp³-hybridized carbons (Fsp3) is 0.600. The van der Waals surface area contributed by atoms with Crippen molar-refractivity contribution in [3.8, 4) is 0 Å². The predicted octanol–water partition coefficient (Wildman–Crippen LogP) is 0.202. The molecule has 0 unspecified atom stereocenters. The molecule has 1 aliphatic heterocycles. The van der Waals surface area contributed by atoms with E-state index in [1.807, 2.05) is 4.90 Å². The quantitative estimate of drug-likeness (QED) is 0.799. The molecule has 0 saturated carbocycles. The third-order valence-corrected chi connectivity index (χ3v) is 2.78. The first-order chi connectivity index (χ1) is 7.74. The van der Waals surface area contributed by atoms with E-state index in [0.29, 0.717) is 12.5 Å². The summed E-state index contributed by atoms with van der Waals surface area (Å²) in [6.45, 7) is 0.633. The van der Waals surface area contributed by atoms with E-state index in [9.17, 15) is 9.50 Å². The number of halogens is 1. The molecular formula is C10H14FN3O2. The minimum Gasteiger partial charge on any atom is -0.394 e. The molecule has 5 nitrogen and oxygen atoms in total. The smallest absolute Gasteiger partial charge is 0.225 e. The summed E-state index contributed by atoms with van der Waals surface area (Å²) in [5.41, 5.74) is 0. The molecule has 0 spiro atoms. The van der Waals surface area contributed by atoms with Gasteiger partial charge in [0.1, 0.15) is 0 Å². The van der Waals surface area contributed by atoms with Crippen molar-refractivity contribution in [3.05, 3.63) is 18.2 Å². The van der Waals surface area contributed by atoms with E-state index in [4.69, 9.17) is 4.74 Å². The monoisotopic (exact) mass is 227 g/mol. The summed E-state index contributed by atoms with van der Waals surface area (Å²) in [5, 5.41) is 9.24. The number of ether oxygens (including phenoxy) is 1. The summed E-state index contributed by atoms with van der Waals surface area (Å²) in [7, 11) is 1.63. The molecular weight excluding hydrogens is 213 g/mol. The fourth-order valence-electron chi connectivity index (χ4n) is 1.92. The van der Waals surface area contributed by atoms with Crippen LogP contribution in [0.5, 0.6) is 0 Å². The third-order valence-electron chi connectivity index (χ3n) is 2.78. The van der Waals surface area contributed by atoms with Gasteiger partial charge >= 0.3 is 0 Å². The van der Waals surface area contributed by atoms with Crippen LogP contribution >= 0.6 is 0 Å². The Morgan fingerprint density at radius 3 is 2.81 bits per heavy atom. The second kappa shape index (κ2) is 4.71. The SMILES string of the molecule is CO[C@H]1C[C@@H](CO)N(c2ncc(F)cn2)C1. The Hall–Kier alpha value is -1.27. The standard InChI is InChI=1S/C10H14FN3O2/c1-16-9-2-8(6-15)14(5-9)10-12-3-7(11)4-13-10/h3-4,8-9,15H,2,5-6H2,1H3/t8-,9-/m0/s1. The molecule has 1 aromatic rings. The van der Waals surface area contributed by atoms with Crippen molar-refractivity contribution in [2.24, 2.45) is 0 Å². The number of aromatic nitrogens is 2. The minimum absolute atomic E-state index is 0.0145. The number of nitrogens with zero attached hydrogens (tertiary/aromatic N) is 3. The van der Waals surface area contributed by atoms with Crippen LogP contribution in [0, 0.1) is 5.82 Å². The molecule has 0 radical (unpaired) electrons. The van der Waals surface area contributed by atoms with E-state index in [1.54, 1.807) is 7.11 Å². The molecule has 1 aromatic heterocycles. The first-order valence-corrected chi connectivity index (χ1v) is 5.12. The lowest BCUT2D eigenvalue weighted by atomic mass is 10.2. The van der Waals surface area contributed by atoms with E-state index in [0.717, 1.165) is 18.8 Å². The van der Waals surface area contributed by atoms with Crippen LogP contribution in [0.3, 0.4) is 0 Å². The van der Waals surface area contributed by atoms with E-state index >= 15 is 0 Å². The molecule has 2 heterocycles. The van der Waals surface area contributed by atoms with Crippen molar-refractivity contribution in [1.82, 2.24) is 9.97 Å². The first-order valence-electron chi connectivity index (χ1n) is 5.12.